The number of ether oxygens (including phenoxy) is 1. The number of nitrogens with zero attached hydrogens (tertiary/aromatic N) is 1. The summed E-state index contributed by atoms with van der Waals surface area (Å²) in [4.78, 5) is 16.3. The summed E-state index contributed by atoms with van der Waals surface area (Å²) in [5, 5.41) is 3.64. The van der Waals surface area contributed by atoms with Gasteiger partial charge in [-0.2, -0.15) is 0 Å². The number of aromatic nitrogens is 1. The van der Waals surface area contributed by atoms with Crippen LogP contribution in [-0.2, 0) is 0 Å². The van der Waals surface area contributed by atoms with Gasteiger partial charge in [-0.05, 0) is 38.1 Å². The fourth-order valence-corrected chi connectivity index (χ4v) is 1.97. The Morgan fingerprint density at radius 2 is 1.90 bits per heavy atom. The van der Waals surface area contributed by atoms with E-state index >= 15 is 0 Å². The van der Waals surface area contributed by atoms with Crippen LogP contribution < -0.4 is 10.1 Å². The van der Waals surface area contributed by atoms with Gasteiger partial charge in [-0.1, -0.05) is 35.3 Å². The van der Waals surface area contributed by atoms with Crippen molar-refractivity contribution in [1.29, 1.82) is 0 Å². The Kier molecular flexibility index (Phi) is 5.04. The molecule has 110 valence electrons. The van der Waals surface area contributed by atoms with Crippen LogP contribution in [0.2, 0.25) is 10.0 Å². The van der Waals surface area contributed by atoms with Gasteiger partial charge in [-0.3, -0.25) is 0 Å². The fraction of sp³-hybridized carbons (Fsp3) is 0.200. The van der Waals surface area contributed by atoms with Crippen LogP contribution in [0.4, 0.5) is 5.82 Å². The molecule has 1 aromatic heterocycles. The minimum atomic E-state index is -0.591. The van der Waals surface area contributed by atoms with Crippen molar-refractivity contribution in [3.05, 3.63) is 52.1 Å². The minimum Gasteiger partial charge on any atom is -0.420 e. The molecule has 0 aliphatic carbocycles. The van der Waals surface area contributed by atoms with Crippen molar-refractivity contribution in [3.63, 3.8) is 0 Å². The lowest BCUT2D eigenvalue weighted by Crippen LogP contribution is -2.15. The van der Waals surface area contributed by atoms with Crippen LogP contribution >= 0.6 is 23.2 Å². The smallest absolute Gasteiger partial charge is 0.362 e. The molecule has 21 heavy (non-hydrogen) atoms. The molecule has 1 N–H and O–H groups in total. The molecular formula is C15H14Cl2N2O2. The van der Waals surface area contributed by atoms with Gasteiger partial charge in [-0.15, -0.1) is 0 Å². The van der Waals surface area contributed by atoms with E-state index in [1.807, 2.05) is 13.8 Å². The molecule has 0 aliphatic heterocycles. The molecule has 0 amide bonds. The first kappa shape index (κ1) is 15.6. The average Bonchev–Trinajstić information content (AvgIpc) is 2.43. The number of anilines is 1. The zero-order valence-corrected chi connectivity index (χ0v) is 13.1. The van der Waals surface area contributed by atoms with E-state index in [1.165, 1.54) is 0 Å². The van der Waals surface area contributed by atoms with Crippen LogP contribution in [0.3, 0.4) is 0 Å². The van der Waals surface area contributed by atoms with Gasteiger partial charge < -0.3 is 10.1 Å². The summed E-state index contributed by atoms with van der Waals surface area (Å²) in [6.45, 7) is 3.97. The first-order valence-electron chi connectivity index (χ1n) is 6.37. The van der Waals surface area contributed by atoms with Crippen LogP contribution in [0.25, 0.3) is 0 Å². The number of pyridine rings is 1. The van der Waals surface area contributed by atoms with Gasteiger partial charge in [0, 0.05) is 6.04 Å². The molecule has 0 atom stereocenters. The number of rotatable bonds is 4. The van der Waals surface area contributed by atoms with E-state index in [2.05, 4.69) is 10.3 Å². The summed E-state index contributed by atoms with van der Waals surface area (Å²) in [5.41, 5.74) is 0.191. The maximum absolute atomic E-state index is 12.1. The Hall–Kier alpha value is -1.78. The second-order valence-corrected chi connectivity index (χ2v) is 5.43. The van der Waals surface area contributed by atoms with Crippen LogP contribution in [0.5, 0.6) is 5.75 Å². The van der Waals surface area contributed by atoms with Gasteiger partial charge in [0.15, 0.2) is 11.4 Å². The average molecular weight is 325 g/mol. The van der Waals surface area contributed by atoms with Crippen molar-refractivity contribution < 1.29 is 9.53 Å². The molecule has 4 nitrogen and oxygen atoms in total. The van der Waals surface area contributed by atoms with Gasteiger partial charge in [0.05, 0.1) is 5.02 Å². The molecule has 0 radical (unpaired) electrons. The van der Waals surface area contributed by atoms with Gasteiger partial charge in [-0.25, -0.2) is 9.78 Å². The quantitative estimate of drug-likeness (QED) is 0.667. The standard InChI is InChI=1S/C15H14Cl2N2O2/c1-9(2)18-13-8-4-6-11(19-13)15(20)21-12-7-3-5-10(16)14(12)17/h3-9H,1-2H3,(H,18,19). The molecule has 6 heteroatoms. The van der Waals surface area contributed by atoms with E-state index in [4.69, 9.17) is 27.9 Å². The number of hydrogen-bond donors (Lipinski definition) is 1. The normalized spacial score (nSPS) is 10.5. The molecular weight excluding hydrogens is 311 g/mol. The number of esters is 1. The van der Waals surface area contributed by atoms with Crippen LogP contribution in [0.1, 0.15) is 24.3 Å². The lowest BCUT2D eigenvalue weighted by atomic mass is 10.3. The summed E-state index contributed by atoms with van der Waals surface area (Å²) in [6, 6.07) is 10.1. The van der Waals surface area contributed by atoms with Crippen molar-refractivity contribution in [2.75, 3.05) is 5.32 Å². The first-order chi connectivity index (χ1) is 9.97. The second kappa shape index (κ2) is 6.78. The van der Waals surface area contributed by atoms with E-state index in [0.717, 1.165) is 0 Å². The third-order valence-corrected chi connectivity index (χ3v) is 3.32. The highest BCUT2D eigenvalue weighted by Crippen LogP contribution is 2.31. The highest BCUT2D eigenvalue weighted by Gasteiger charge is 2.14. The summed E-state index contributed by atoms with van der Waals surface area (Å²) < 4.78 is 5.23. The zero-order chi connectivity index (χ0) is 15.4. The number of carbonyl (C=O) groups excluding carboxylic acids is 1. The molecule has 1 heterocycles. The van der Waals surface area contributed by atoms with E-state index in [9.17, 15) is 4.79 Å². The molecule has 0 fully saturated rings. The Morgan fingerprint density at radius 1 is 1.19 bits per heavy atom. The van der Waals surface area contributed by atoms with Crippen LogP contribution in [0.15, 0.2) is 36.4 Å². The summed E-state index contributed by atoms with van der Waals surface area (Å²) in [6.07, 6.45) is 0. The van der Waals surface area contributed by atoms with Crippen molar-refractivity contribution in [2.24, 2.45) is 0 Å². The number of hydrogen-bond acceptors (Lipinski definition) is 4. The molecule has 2 rings (SSSR count). The van der Waals surface area contributed by atoms with E-state index < -0.39 is 5.97 Å². The third kappa shape index (κ3) is 4.09. The van der Waals surface area contributed by atoms with Crippen molar-refractivity contribution in [1.82, 2.24) is 4.98 Å². The Morgan fingerprint density at radius 3 is 2.62 bits per heavy atom. The van der Waals surface area contributed by atoms with Crippen molar-refractivity contribution >= 4 is 35.0 Å². The lowest BCUT2D eigenvalue weighted by Gasteiger charge is -2.10. The molecule has 0 spiro atoms. The SMILES string of the molecule is CC(C)Nc1cccc(C(=O)Oc2cccc(Cl)c2Cl)n1. The van der Waals surface area contributed by atoms with Crippen LogP contribution in [-0.4, -0.2) is 17.0 Å². The van der Waals surface area contributed by atoms with E-state index in [0.29, 0.717) is 10.8 Å². The maximum atomic E-state index is 12.1. The van der Waals surface area contributed by atoms with Gasteiger partial charge in [0.2, 0.25) is 0 Å². The predicted molar refractivity (Wildman–Crippen MR) is 84.4 cm³/mol. The van der Waals surface area contributed by atoms with Crippen LogP contribution in [0, 0.1) is 0 Å². The number of nitrogens with one attached hydrogen (secondary N) is 1. The highest BCUT2D eigenvalue weighted by molar-refractivity contribution is 6.43. The largest absolute Gasteiger partial charge is 0.420 e. The molecule has 0 saturated carbocycles. The summed E-state index contributed by atoms with van der Waals surface area (Å²) in [5.74, 6) is 0.224. The van der Waals surface area contributed by atoms with Gasteiger partial charge in [0.25, 0.3) is 0 Å². The topological polar surface area (TPSA) is 51.2 Å². The zero-order valence-electron chi connectivity index (χ0n) is 11.6. The predicted octanol–water partition coefficient (Wildman–Crippen LogP) is 4.43. The number of halogens is 2. The molecule has 0 unspecified atom stereocenters. The monoisotopic (exact) mass is 324 g/mol. The minimum absolute atomic E-state index is 0.191. The van der Waals surface area contributed by atoms with Gasteiger partial charge in [0.1, 0.15) is 10.8 Å². The molecule has 2 aromatic rings. The Labute approximate surface area is 133 Å². The molecule has 1 aromatic carbocycles. The fourth-order valence-electron chi connectivity index (χ4n) is 1.64. The molecule has 0 aliphatic rings. The number of carbonyl (C=O) groups is 1. The first-order valence-corrected chi connectivity index (χ1v) is 7.12. The lowest BCUT2D eigenvalue weighted by molar-refractivity contribution is 0.0729. The second-order valence-electron chi connectivity index (χ2n) is 4.65. The maximum Gasteiger partial charge on any atom is 0.362 e. The molecule has 0 saturated heterocycles. The van der Waals surface area contributed by atoms with E-state index in [-0.39, 0.29) is 22.5 Å². The summed E-state index contributed by atoms with van der Waals surface area (Å²) >= 11 is 11.9. The molecule has 0 bridgehead atoms. The highest BCUT2D eigenvalue weighted by atomic mass is 35.5. The van der Waals surface area contributed by atoms with E-state index in [1.54, 1.807) is 36.4 Å². The summed E-state index contributed by atoms with van der Waals surface area (Å²) in [7, 11) is 0. The Bertz CT molecular complexity index is 660. The van der Waals surface area contributed by atoms with Gasteiger partial charge >= 0.3 is 5.97 Å². The third-order valence-electron chi connectivity index (χ3n) is 2.51. The Balaban J connectivity index is 2.18. The van der Waals surface area contributed by atoms with Crippen molar-refractivity contribution in [2.45, 2.75) is 19.9 Å². The number of benzene rings is 1. The van der Waals surface area contributed by atoms with Crippen molar-refractivity contribution in [3.8, 4) is 5.75 Å².